The number of benzene rings is 2. The topological polar surface area (TPSA) is 111 Å². The molecule has 31 heavy (non-hydrogen) atoms. The molecule has 2 aromatic carbocycles. The molecule has 1 aliphatic rings. The molecule has 0 aliphatic heterocycles. The average molecular weight is 470 g/mol. The van der Waals surface area contributed by atoms with E-state index in [0.717, 1.165) is 24.7 Å². The Kier molecular flexibility index (Phi) is 7.77. The lowest BCUT2D eigenvalue weighted by atomic mass is 10.0. The number of amides is 1. The van der Waals surface area contributed by atoms with Gasteiger partial charge >= 0.3 is 6.09 Å². The first-order valence-corrected chi connectivity index (χ1v) is 11.9. The van der Waals surface area contributed by atoms with Gasteiger partial charge in [-0.3, -0.25) is 4.18 Å². The van der Waals surface area contributed by atoms with Gasteiger partial charge in [0.25, 0.3) is 10.1 Å². The lowest BCUT2D eigenvalue weighted by Crippen LogP contribution is -2.43. The van der Waals surface area contributed by atoms with E-state index in [0.29, 0.717) is 16.3 Å². The average Bonchev–Trinajstić information content (AvgIpc) is 3.55. The minimum absolute atomic E-state index is 0.0153. The number of alkyl carbamates (subject to hydrolysis) is 1. The van der Waals surface area contributed by atoms with Crippen molar-refractivity contribution in [3.63, 3.8) is 0 Å². The maximum Gasteiger partial charge on any atom is 0.407 e. The van der Waals surface area contributed by atoms with Gasteiger partial charge in [0, 0.05) is 0 Å². The second-order valence-corrected chi connectivity index (χ2v) is 9.30. The molecule has 3 rings (SSSR count). The van der Waals surface area contributed by atoms with Crippen molar-refractivity contribution < 1.29 is 32.0 Å². The first-order chi connectivity index (χ1) is 14.7. The van der Waals surface area contributed by atoms with Crippen molar-refractivity contribution in [2.75, 3.05) is 12.9 Å². The number of carbonyl (C=O) groups excluding carboxylic acids is 1. The minimum Gasteiger partial charge on any atom is -0.489 e. The highest BCUT2D eigenvalue weighted by Crippen LogP contribution is 2.34. The van der Waals surface area contributed by atoms with Crippen LogP contribution in [-0.4, -0.2) is 44.6 Å². The smallest absolute Gasteiger partial charge is 0.407 e. The third kappa shape index (κ3) is 7.70. The van der Waals surface area contributed by atoms with Crippen LogP contribution in [0.4, 0.5) is 4.79 Å². The molecule has 2 aromatic rings. The number of nitrogens with one attached hydrogen (secondary N) is 1. The Morgan fingerprint density at radius 3 is 2.55 bits per heavy atom. The van der Waals surface area contributed by atoms with E-state index in [2.05, 4.69) is 5.32 Å². The standard InChI is InChI=1S/C21H24ClNO7S/c1-31(26,27)29-13-18(23-21(25)28-12-14-5-3-2-4-6-14)20(24)15-7-10-19(17(22)11-15)30-16-8-9-16/h2-7,10-11,16,18,20,24H,8-9,12-13H2,1H3,(H,23,25)/t18-,20?/m1/s1. The number of carbonyl (C=O) groups is 1. The van der Waals surface area contributed by atoms with E-state index in [1.54, 1.807) is 24.3 Å². The van der Waals surface area contributed by atoms with Gasteiger partial charge in [-0.2, -0.15) is 8.42 Å². The predicted molar refractivity (Wildman–Crippen MR) is 114 cm³/mol. The summed E-state index contributed by atoms with van der Waals surface area (Å²) in [6, 6.07) is 12.7. The van der Waals surface area contributed by atoms with Crippen molar-refractivity contribution in [1.82, 2.24) is 5.32 Å². The molecule has 2 atom stereocenters. The van der Waals surface area contributed by atoms with Crippen LogP contribution >= 0.6 is 11.6 Å². The first kappa shape index (κ1) is 23.3. The maximum absolute atomic E-state index is 12.2. The van der Waals surface area contributed by atoms with Gasteiger partial charge in [0.15, 0.2) is 0 Å². The molecule has 0 saturated heterocycles. The Bertz CT molecular complexity index is 996. The quantitative estimate of drug-likeness (QED) is 0.514. The molecule has 0 heterocycles. The summed E-state index contributed by atoms with van der Waals surface area (Å²) < 4.78 is 38.5. The molecule has 10 heteroatoms. The summed E-state index contributed by atoms with van der Waals surface area (Å²) >= 11 is 6.25. The Morgan fingerprint density at radius 1 is 1.23 bits per heavy atom. The molecular formula is C21H24ClNO7S. The molecule has 0 bridgehead atoms. The van der Waals surface area contributed by atoms with Gasteiger partial charge in [-0.15, -0.1) is 0 Å². The molecule has 1 unspecified atom stereocenters. The highest BCUT2D eigenvalue weighted by molar-refractivity contribution is 7.85. The zero-order chi connectivity index (χ0) is 22.4. The van der Waals surface area contributed by atoms with Crippen LogP contribution in [0.2, 0.25) is 5.02 Å². The molecule has 8 nitrogen and oxygen atoms in total. The van der Waals surface area contributed by atoms with Crippen molar-refractivity contribution >= 4 is 27.8 Å². The van der Waals surface area contributed by atoms with Crippen LogP contribution in [-0.2, 0) is 25.6 Å². The van der Waals surface area contributed by atoms with Gasteiger partial charge in [-0.25, -0.2) is 4.79 Å². The third-order valence-electron chi connectivity index (χ3n) is 4.47. The molecular weight excluding hydrogens is 446 g/mol. The second-order valence-electron chi connectivity index (χ2n) is 7.25. The molecule has 0 radical (unpaired) electrons. The summed E-state index contributed by atoms with van der Waals surface area (Å²) in [6.07, 6.45) is 0.847. The van der Waals surface area contributed by atoms with Crippen molar-refractivity contribution in [2.45, 2.75) is 37.7 Å². The number of hydrogen-bond acceptors (Lipinski definition) is 7. The largest absolute Gasteiger partial charge is 0.489 e. The summed E-state index contributed by atoms with van der Waals surface area (Å²) in [5, 5.41) is 13.5. The Balaban J connectivity index is 1.67. The van der Waals surface area contributed by atoms with Crippen molar-refractivity contribution in [1.29, 1.82) is 0 Å². The molecule has 0 spiro atoms. The third-order valence-corrected chi connectivity index (χ3v) is 5.33. The molecule has 1 aliphatic carbocycles. The van der Waals surface area contributed by atoms with Crippen LogP contribution in [0.3, 0.4) is 0 Å². The van der Waals surface area contributed by atoms with Crippen molar-refractivity contribution in [2.24, 2.45) is 0 Å². The van der Waals surface area contributed by atoms with Crippen LogP contribution in [0.1, 0.15) is 30.1 Å². The van der Waals surface area contributed by atoms with E-state index in [-0.39, 0.29) is 12.7 Å². The Morgan fingerprint density at radius 2 is 1.94 bits per heavy atom. The van der Waals surface area contributed by atoms with Gasteiger partial charge in [0.2, 0.25) is 0 Å². The monoisotopic (exact) mass is 469 g/mol. The summed E-state index contributed by atoms with van der Waals surface area (Å²) in [7, 11) is -3.80. The number of aliphatic hydroxyl groups is 1. The summed E-state index contributed by atoms with van der Waals surface area (Å²) in [4.78, 5) is 12.2. The Hall–Kier alpha value is -2.33. The van der Waals surface area contributed by atoms with Crippen molar-refractivity contribution in [3.8, 4) is 5.75 Å². The van der Waals surface area contributed by atoms with E-state index in [4.69, 9.17) is 25.3 Å². The molecule has 0 aromatic heterocycles. The number of aliphatic hydroxyl groups excluding tert-OH is 1. The predicted octanol–water partition coefficient (Wildman–Crippen LogP) is 3.19. The van der Waals surface area contributed by atoms with E-state index in [9.17, 15) is 18.3 Å². The van der Waals surface area contributed by atoms with Gasteiger partial charge in [0.05, 0.1) is 30.0 Å². The van der Waals surface area contributed by atoms with E-state index in [1.165, 1.54) is 6.07 Å². The van der Waals surface area contributed by atoms with Gasteiger partial charge in [0.1, 0.15) is 18.5 Å². The molecule has 2 N–H and O–H groups in total. The lowest BCUT2D eigenvalue weighted by Gasteiger charge is -2.24. The summed E-state index contributed by atoms with van der Waals surface area (Å²) in [5.41, 5.74) is 1.14. The van der Waals surface area contributed by atoms with Gasteiger partial charge < -0.3 is 19.9 Å². The van der Waals surface area contributed by atoms with Gasteiger partial charge in [-0.1, -0.05) is 48.0 Å². The highest BCUT2D eigenvalue weighted by Gasteiger charge is 2.28. The molecule has 1 amide bonds. The molecule has 1 saturated carbocycles. The number of halogens is 1. The van der Waals surface area contributed by atoms with Gasteiger partial charge in [-0.05, 0) is 36.1 Å². The molecule has 1 fully saturated rings. The summed E-state index contributed by atoms with van der Waals surface area (Å²) in [5.74, 6) is 0.499. The minimum atomic E-state index is -3.80. The molecule has 168 valence electrons. The maximum atomic E-state index is 12.2. The fraction of sp³-hybridized carbons (Fsp3) is 0.381. The number of hydrogen-bond donors (Lipinski definition) is 2. The number of ether oxygens (including phenoxy) is 2. The lowest BCUT2D eigenvalue weighted by molar-refractivity contribution is 0.0828. The highest BCUT2D eigenvalue weighted by atomic mass is 35.5. The van der Waals surface area contributed by atoms with Crippen LogP contribution in [0.15, 0.2) is 48.5 Å². The van der Waals surface area contributed by atoms with Crippen LogP contribution < -0.4 is 10.1 Å². The first-order valence-electron chi connectivity index (χ1n) is 9.67. The second kappa shape index (κ2) is 10.3. The van der Waals surface area contributed by atoms with E-state index in [1.807, 2.05) is 18.2 Å². The van der Waals surface area contributed by atoms with Crippen LogP contribution in [0.5, 0.6) is 5.75 Å². The summed E-state index contributed by atoms with van der Waals surface area (Å²) in [6.45, 7) is -0.472. The zero-order valence-corrected chi connectivity index (χ0v) is 18.4. The van der Waals surface area contributed by atoms with Crippen LogP contribution in [0, 0.1) is 0 Å². The SMILES string of the molecule is CS(=O)(=O)OC[C@@H](NC(=O)OCc1ccccc1)C(O)c1ccc(OC2CC2)c(Cl)c1. The Labute approximate surface area is 186 Å². The van der Waals surface area contributed by atoms with E-state index < -0.39 is 35.0 Å². The van der Waals surface area contributed by atoms with E-state index >= 15 is 0 Å². The van der Waals surface area contributed by atoms with Crippen LogP contribution in [0.25, 0.3) is 0 Å². The normalized spacial score (nSPS) is 15.7. The fourth-order valence-electron chi connectivity index (χ4n) is 2.72. The number of rotatable bonds is 10. The fourth-order valence-corrected chi connectivity index (χ4v) is 3.35. The zero-order valence-electron chi connectivity index (χ0n) is 16.9. The van der Waals surface area contributed by atoms with Crippen molar-refractivity contribution in [3.05, 3.63) is 64.7 Å².